The highest BCUT2D eigenvalue weighted by molar-refractivity contribution is 8.19. The molecule has 2 aliphatic rings. The first kappa shape index (κ1) is 15.3. The maximum atomic E-state index is 12.6. The molecule has 5 heteroatoms. The quantitative estimate of drug-likeness (QED) is 0.834. The first-order chi connectivity index (χ1) is 10.1. The van der Waals surface area contributed by atoms with Crippen LogP contribution in [-0.4, -0.2) is 47.6 Å². The van der Waals surface area contributed by atoms with Crippen molar-refractivity contribution in [2.45, 2.75) is 30.6 Å². The number of hydrogen-bond donors (Lipinski definition) is 0. The van der Waals surface area contributed by atoms with E-state index in [1.807, 2.05) is 54.4 Å². The van der Waals surface area contributed by atoms with Crippen molar-refractivity contribution in [2.24, 2.45) is 0 Å². The van der Waals surface area contributed by atoms with Crippen LogP contribution in [0.4, 0.5) is 0 Å². The smallest absolute Gasteiger partial charge is 0.254 e. The Bertz CT molecular complexity index is 490. The summed E-state index contributed by atoms with van der Waals surface area (Å²) in [5, 5.41) is 0. The molecule has 0 unspecified atom stereocenters. The fourth-order valence-corrected chi connectivity index (χ4v) is 5.72. The molecule has 3 rings (SSSR count). The minimum absolute atomic E-state index is 0.114. The molecule has 0 spiro atoms. The number of nitrogens with zero attached hydrogens (tertiary/aromatic N) is 1. The molecule has 2 atom stereocenters. The summed E-state index contributed by atoms with van der Waals surface area (Å²) >= 11 is 3.98. The standard InChI is InChI=1S/C16H21NO2S2/c1-11-9-17(10-12(2)19-11)15(18)13-3-5-14(6-4-13)16-20-7-8-21-16/h3-6,11-12,16H,7-10H2,1-2H3/t11-,12-/m1/s1. The van der Waals surface area contributed by atoms with Gasteiger partial charge in [-0.2, -0.15) is 0 Å². The van der Waals surface area contributed by atoms with Crippen molar-refractivity contribution in [2.75, 3.05) is 24.6 Å². The highest BCUT2D eigenvalue weighted by Crippen LogP contribution is 2.45. The SMILES string of the molecule is C[C@@H]1CN(C(=O)c2ccc(C3SCCS3)cc2)C[C@@H](C)O1. The van der Waals surface area contributed by atoms with E-state index in [1.165, 1.54) is 17.1 Å². The average Bonchev–Trinajstić information content (AvgIpc) is 3.00. The summed E-state index contributed by atoms with van der Waals surface area (Å²) in [6.45, 7) is 5.40. The Morgan fingerprint density at radius 3 is 2.24 bits per heavy atom. The molecule has 0 radical (unpaired) electrons. The lowest BCUT2D eigenvalue weighted by molar-refractivity contribution is -0.0586. The molecule has 0 saturated carbocycles. The van der Waals surface area contributed by atoms with Gasteiger partial charge in [-0.05, 0) is 31.5 Å². The summed E-state index contributed by atoms with van der Waals surface area (Å²) in [7, 11) is 0. The van der Waals surface area contributed by atoms with Gasteiger partial charge >= 0.3 is 0 Å². The molecule has 0 aliphatic carbocycles. The van der Waals surface area contributed by atoms with Gasteiger partial charge in [0.2, 0.25) is 0 Å². The fourth-order valence-electron chi connectivity index (χ4n) is 2.86. The molecular weight excluding hydrogens is 302 g/mol. The number of ether oxygens (including phenoxy) is 1. The summed E-state index contributed by atoms with van der Waals surface area (Å²) in [4.78, 5) is 14.5. The van der Waals surface area contributed by atoms with Crippen LogP contribution < -0.4 is 0 Å². The normalized spacial score (nSPS) is 27.0. The largest absolute Gasteiger partial charge is 0.372 e. The highest BCUT2D eigenvalue weighted by Gasteiger charge is 2.26. The molecular formula is C16H21NO2S2. The van der Waals surface area contributed by atoms with E-state index in [9.17, 15) is 4.79 Å². The average molecular weight is 323 g/mol. The van der Waals surface area contributed by atoms with E-state index in [1.54, 1.807) is 0 Å². The zero-order valence-corrected chi connectivity index (χ0v) is 14.1. The number of carbonyl (C=O) groups is 1. The number of thioether (sulfide) groups is 2. The maximum Gasteiger partial charge on any atom is 0.254 e. The van der Waals surface area contributed by atoms with E-state index in [0.29, 0.717) is 17.7 Å². The van der Waals surface area contributed by atoms with E-state index < -0.39 is 0 Å². The molecule has 0 N–H and O–H groups in total. The summed E-state index contributed by atoms with van der Waals surface area (Å²) in [6, 6.07) is 8.16. The Morgan fingerprint density at radius 1 is 1.10 bits per heavy atom. The predicted octanol–water partition coefficient (Wildman–Crippen LogP) is 3.41. The van der Waals surface area contributed by atoms with Gasteiger partial charge in [0.05, 0.1) is 16.8 Å². The second-order valence-corrected chi connectivity index (χ2v) is 8.39. The molecule has 1 aromatic rings. The summed E-state index contributed by atoms with van der Waals surface area (Å²) in [6.07, 6.45) is 0.228. The number of carbonyl (C=O) groups excluding carboxylic acids is 1. The van der Waals surface area contributed by atoms with Crippen LogP contribution in [0.5, 0.6) is 0 Å². The van der Waals surface area contributed by atoms with Crippen LogP contribution in [0.3, 0.4) is 0 Å². The summed E-state index contributed by atoms with van der Waals surface area (Å²) in [5.41, 5.74) is 2.11. The second kappa shape index (κ2) is 6.63. The van der Waals surface area contributed by atoms with Crippen LogP contribution in [0.1, 0.15) is 34.4 Å². The maximum absolute atomic E-state index is 12.6. The van der Waals surface area contributed by atoms with Crippen molar-refractivity contribution in [1.29, 1.82) is 0 Å². The van der Waals surface area contributed by atoms with Crippen LogP contribution >= 0.6 is 23.5 Å². The van der Waals surface area contributed by atoms with Crippen molar-refractivity contribution < 1.29 is 9.53 Å². The number of hydrogen-bond acceptors (Lipinski definition) is 4. The fraction of sp³-hybridized carbons (Fsp3) is 0.562. The zero-order chi connectivity index (χ0) is 14.8. The topological polar surface area (TPSA) is 29.5 Å². The Morgan fingerprint density at radius 2 is 1.67 bits per heavy atom. The molecule has 21 heavy (non-hydrogen) atoms. The van der Waals surface area contributed by atoms with E-state index in [0.717, 1.165) is 5.56 Å². The Hall–Kier alpha value is -0.650. The van der Waals surface area contributed by atoms with Crippen LogP contribution in [0.25, 0.3) is 0 Å². The van der Waals surface area contributed by atoms with Gasteiger partial charge in [0.25, 0.3) is 5.91 Å². The van der Waals surface area contributed by atoms with Crippen molar-refractivity contribution in [1.82, 2.24) is 4.90 Å². The van der Waals surface area contributed by atoms with Gasteiger partial charge in [0.1, 0.15) is 0 Å². The minimum Gasteiger partial charge on any atom is -0.372 e. The molecule has 114 valence electrons. The van der Waals surface area contributed by atoms with Crippen LogP contribution in [0.15, 0.2) is 24.3 Å². The zero-order valence-electron chi connectivity index (χ0n) is 12.5. The molecule has 3 nitrogen and oxygen atoms in total. The first-order valence-electron chi connectivity index (χ1n) is 7.41. The van der Waals surface area contributed by atoms with Crippen molar-refractivity contribution >= 4 is 29.4 Å². The van der Waals surface area contributed by atoms with Gasteiger partial charge in [-0.1, -0.05) is 12.1 Å². The van der Waals surface area contributed by atoms with E-state index in [2.05, 4.69) is 12.1 Å². The summed E-state index contributed by atoms with van der Waals surface area (Å²) < 4.78 is 6.23. The van der Waals surface area contributed by atoms with Gasteiger partial charge in [-0.25, -0.2) is 0 Å². The molecule has 1 amide bonds. The minimum atomic E-state index is 0.114. The lowest BCUT2D eigenvalue weighted by Crippen LogP contribution is -2.48. The molecule has 2 saturated heterocycles. The number of rotatable bonds is 2. The Kier molecular flexibility index (Phi) is 4.82. The highest BCUT2D eigenvalue weighted by atomic mass is 32.2. The third-order valence-corrected chi connectivity index (χ3v) is 6.86. The molecule has 0 bridgehead atoms. The van der Waals surface area contributed by atoms with Gasteiger partial charge in [-0.15, -0.1) is 23.5 Å². The monoisotopic (exact) mass is 323 g/mol. The lowest BCUT2D eigenvalue weighted by atomic mass is 10.1. The van der Waals surface area contributed by atoms with Gasteiger partial charge in [0.15, 0.2) is 0 Å². The number of morpholine rings is 1. The van der Waals surface area contributed by atoms with E-state index in [-0.39, 0.29) is 18.1 Å². The number of amides is 1. The molecule has 1 aromatic carbocycles. The van der Waals surface area contributed by atoms with Gasteiger partial charge in [-0.3, -0.25) is 4.79 Å². The molecule has 2 heterocycles. The van der Waals surface area contributed by atoms with Crippen LogP contribution in [-0.2, 0) is 4.74 Å². The first-order valence-corrected chi connectivity index (χ1v) is 9.51. The molecule has 2 fully saturated rings. The van der Waals surface area contributed by atoms with Crippen molar-refractivity contribution in [3.63, 3.8) is 0 Å². The van der Waals surface area contributed by atoms with Gasteiger partial charge in [0, 0.05) is 30.2 Å². The summed E-state index contributed by atoms with van der Waals surface area (Å²) in [5.74, 6) is 2.56. The predicted molar refractivity (Wildman–Crippen MR) is 90.0 cm³/mol. The van der Waals surface area contributed by atoms with Crippen molar-refractivity contribution in [3.8, 4) is 0 Å². The van der Waals surface area contributed by atoms with E-state index >= 15 is 0 Å². The number of benzene rings is 1. The third-order valence-electron chi connectivity index (χ3n) is 3.76. The van der Waals surface area contributed by atoms with E-state index in [4.69, 9.17) is 4.74 Å². The Balaban J connectivity index is 1.69. The molecule has 2 aliphatic heterocycles. The molecule has 0 aromatic heterocycles. The van der Waals surface area contributed by atoms with Crippen LogP contribution in [0, 0.1) is 0 Å². The lowest BCUT2D eigenvalue weighted by Gasteiger charge is -2.35. The third kappa shape index (κ3) is 3.58. The second-order valence-electron chi connectivity index (χ2n) is 5.66. The Labute approximate surface area is 134 Å². The van der Waals surface area contributed by atoms with Crippen LogP contribution in [0.2, 0.25) is 0 Å². The van der Waals surface area contributed by atoms with Crippen molar-refractivity contribution in [3.05, 3.63) is 35.4 Å². The van der Waals surface area contributed by atoms with Gasteiger partial charge < -0.3 is 9.64 Å².